The molecule has 1 aromatic heterocycles. The van der Waals surface area contributed by atoms with Crippen molar-refractivity contribution < 1.29 is 9.59 Å². The number of fused-ring (bicyclic) bond motifs is 1. The summed E-state index contributed by atoms with van der Waals surface area (Å²) < 4.78 is 2.00. The maximum atomic E-state index is 13.0. The highest BCUT2D eigenvalue weighted by Gasteiger charge is 2.25. The number of nitrogens with one attached hydrogen (secondary N) is 2. The van der Waals surface area contributed by atoms with E-state index in [1.165, 1.54) is 0 Å². The summed E-state index contributed by atoms with van der Waals surface area (Å²) in [4.78, 5) is 30.1. The predicted octanol–water partition coefficient (Wildman–Crippen LogP) is 4.73. The number of imidazole rings is 1. The molecule has 32 heavy (non-hydrogen) atoms. The van der Waals surface area contributed by atoms with Crippen LogP contribution in [0.5, 0.6) is 0 Å². The topological polar surface area (TPSA) is 76.0 Å². The van der Waals surface area contributed by atoms with Crippen LogP contribution in [0, 0.1) is 12.8 Å². The second kappa shape index (κ2) is 9.06. The average molecular weight is 427 g/mol. The normalized spacial score (nSPS) is 12.0. The van der Waals surface area contributed by atoms with Gasteiger partial charge in [0.05, 0.1) is 11.0 Å². The minimum Gasteiger partial charge on any atom is -0.340 e. The van der Waals surface area contributed by atoms with Gasteiger partial charge in [-0.05, 0) is 60.9 Å². The molecule has 1 unspecified atom stereocenters. The van der Waals surface area contributed by atoms with E-state index in [9.17, 15) is 9.59 Å². The monoisotopic (exact) mass is 426 g/mol. The Morgan fingerprint density at radius 2 is 1.59 bits per heavy atom. The largest absolute Gasteiger partial charge is 0.340 e. The van der Waals surface area contributed by atoms with Crippen LogP contribution in [-0.2, 0) is 4.79 Å². The third-order valence-corrected chi connectivity index (χ3v) is 5.49. The van der Waals surface area contributed by atoms with Crippen LogP contribution in [0.15, 0.2) is 79.1 Å². The van der Waals surface area contributed by atoms with E-state index >= 15 is 0 Å². The number of amides is 2. The maximum absolute atomic E-state index is 13.0. The number of hydrogen-bond acceptors (Lipinski definition) is 3. The molecule has 4 rings (SSSR count). The van der Waals surface area contributed by atoms with Gasteiger partial charge in [-0.15, -0.1) is 0 Å². The summed E-state index contributed by atoms with van der Waals surface area (Å²) in [6, 6.07) is 22.2. The van der Waals surface area contributed by atoms with Crippen molar-refractivity contribution >= 4 is 28.5 Å². The molecule has 3 aromatic carbocycles. The lowest BCUT2D eigenvalue weighted by atomic mass is 10.0. The molecular formula is C26H26N4O2. The van der Waals surface area contributed by atoms with Gasteiger partial charge in [-0.1, -0.05) is 44.2 Å². The van der Waals surface area contributed by atoms with E-state index in [4.69, 9.17) is 0 Å². The molecule has 0 saturated heterocycles. The maximum Gasteiger partial charge on any atom is 0.252 e. The van der Waals surface area contributed by atoms with Gasteiger partial charge in [0, 0.05) is 16.9 Å². The summed E-state index contributed by atoms with van der Waals surface area (Å²) in [5.74, 6) is -0.568. The fourth-order valence-corrected chi connectivity index (χ4v) is 3.67. The van der Waals surface area contributed by atoms with Gasteiger partial charge in [0.2, 0.25) is 5.91 Å². The quantitative estimate of drug-likeness (QED) is 0.468. The molecular weight excluding hydrogens is 400 g/mol. The number of para-hydroxylation sites is 2. The van der Waals surface area contributed by atoms with Gasteiger partial charge in [0.15, 0.2) is 0 Å². The molecule has 1 atom stereocenters. The molecule has 162 valence electrons. The van der Waals surface area contributed by atoms with Gasteiger partial charge in [-0.2, -0.15) is 0 Å². The Morgan fingerprint density at radius 1 is 0.906 bits per heavy atom. The van der Waals surface area contributed by atoms with Crippen LogP contribution in [-0.4, -0.2) is 27.4 Å². The number of rotatable bonds is 6. The van der Waals surface area contributed by atoms with Crippen molar-refractivity contribution in [1.82, 2.24) is 14.9 Å². The zero-order valence-electron chi connectivity index (χ0n) is 18.4. The van der Waals surface area contributed by atoms with Gasteiger partial charge in [0.1, 0.15) is 12.4 Å². The fraction of sp³-hybridized carbons (Fsp3) is 0.192. The third-order valence-electron chi connectivity index (χ3n) is 5.49. The van der Waals surface area contributed by atoms with Gasteiger partial charge in [-0.25, -0.2) is 4.98 Å². The second-order valence-electron chi connectivity index (χ2n) is 8.15. The van der Waals surface area contributed by atoms with Crippen LogP contribution in [0.4, 0.5) is 5.69 Å². The van der Waals surface area contributed by atoms with Crippen molar-refractivity contribution in [1.29, 1.82) is 0 Å². The van der Waals surface area contributed by atoms with Crippen molar-refractivity contribution in [2.75, 3.05) is 5.32 Å². The van der Waals surface area contributed by atoms with Crippen molar-refractivity contribution in [3.8, 4) is 5.69 Å². The van der Waals surface area contributed by atoms with E-state index in [-0.39, 0.29) is 17.7 Å². The Morgan fingerprint density at radius 3 is 2.31 bits per heavy atom. The molecule has 6 nitrogen and oxygen atoms in total. The highest BCUT2D eigenvalue weighted by atomic mass is 16.2. The smallest absolute Gasteiger partial charge is 0.252 e. The average Bonchev–Trinajstić information content (AvgIpc) is 3.22. The predicted molar refractivity (Wildman–Crippen MR) is 127 cm³/mol. The van der Waals surface area contributed by atoms with Crippen LogP contribution >= 0.6 is 0 Å². The first-order valence-corrected chi connectivity index (χ1v) is 10.6. The van der Waals surface area contributed by atoms with E-state index in [0.29, 0.717) is 11.3 Å². The summed E-state index contributed by atoms with van der Waals surface area (Å²) >= 11 is 0. The zero-order valence-corrected chi connectivity index (χ0v) is 18.4. The number of aryl methyl sites for hydroxylation is 1. The van der Waals surface area contributed by atoms with Crippen molar-refractivity contribution in [3.63, 3.8) is 0 Å². The molecule has 6 heteroatoms. The summed E-state index contributed by atoms with van der Waals surface area (Å²) in [5.41, 5.74) is 5.00. The minimum absolute atomic E-state index is 0.0699. The summed E-state index contributed by atoms with van der Waals surface area (Å²) in [6.45, 7) is 5.70. The summed E-state index contributed by atoms with van der Waals surface area (Å²) in [7, 11) is 0. The van der Waals surface area contributed by atoms with Crippen LogP contribution in [0.25, 0.3) is 16.7 Å². The molecule has 0 spiro atoms. The first-order chi connectivity index (χ1) is 15.4. The Bertz CT molecular complexity index is 1260. The van der Waals surface area contributed by atoms with Crippen LogP contribution in [0.3, 0.4) is 0 Å². The molecule has 2 amide bonds. The number of anilines is 1. The number of nitrogens with zero attached hydrogens (tertiary/aromatic N) is 2. The molecule has 0 fully saturated rings. The third kappa shape index (κ3) is 4.39. The number of benzene rings is 3. The number of carbonyl (C=O) groups excluding carboxylic acids is 2. The molecule has 0 aliphatic rings. The van der Waals surface area contributed by atoms with E-state index in [2.05, 4.69) is 15.6 Å². The Kier molecular flexibility index (Phi) is 6.03. The van der Waals surface area contributed by atoms with Crippen molar-refractivity contribution in [3.05, 3.63) is 90.3 Å². The lowest BCUT2D eigenvalue weighted by molar-refractivity contribution is -0.118. The van der Waals surface area contributed by atoms with Gasteiger partial charge in [0.25, 0.3) is 5.91 Å². The molecule has 0 aliphatic heterocycles. The zero-order chi connectivity index (χ0) is 22.7. The highest BCUT2D eigenvalue weighted by molar-refractivity contribution is 6.02. The molecule has 0 radical (unpaired) electrons. The van der Waals surface area contributed by atoms with Gasteiger partial charge >= 0.3 is 0 Å². The number of aromatic nitrogens is 2. The van der Waals surface area contributed by atoms with Gasteiger partial charge < -0.3 is 10.6 Å². The van der Waals surface area contributed by atoms with Crippen LogP contribution < -0.4 is 10.6 Å². The van der Waals surface area contributed by atoms with Crippen LogP contribution in [0.1, 0.15) is 29.8 Å². The minimum atomic E-state index is -0.653. The molecule has 4 aromatic rings. The van der Waals surface area contributed by atoms with Crippen molar-refractivity contribution in [2.45, 2.75) is 26.8 Å². The Balaban J connectivity index is 1.48. The summed E-state index contributed by atoms with van der Waals surface area (Å²) in [5, 5.41) is 5.81. The SMILES string of the molecule is Cc1ccccc1C(=O)NC(C(=O)Nc1ccc(-n2cnc3ccccc32)cc1)C(C)C. The molecule has 1 heterocycles. The number of carbonyl (C=O) groups is 2. The molecule has 2 N–H and O–H groups in total. The summed E-state index contributed by atoms with van der Waals surface area (Å²) in [6.07, 6.45) is 1.79. The molecule has 0 aliphatic carbocycles. The standard InChI is InChI=1S/C26H26N4O2/c1-17(2)24(29-25(31)21-9-5-4-8-18(21)3)26(32)28-19-12-14-20(15-13-19)30-16-27-22-10-6-7-11-23(22)30/h4-17,24H,1-3H3,(H,28,32)(H,29,31). The van der Waals surface area contributed by atoms with E-state index in [1.54, 1.807) is 12.4 Å². The van der Waals surface area contributed by atoms with E-state index < -0.39 is 6.04 Å². The van der Waals surface area contributed by atoms with E-state index in [1.807, 2.05) is 92.1 Å². The molecule has 0 saturated carbocycles. The highest BCUT2D eigenvalue weighted by Crippen LogP contribution is 2.20. The lowest BCUT2D eigenvalue weighted by Crippen LogP contribution is -2.47. The van der Waals surface area contributed by atoms with Crippen LogP contribution in [0.2, 0.25) is 0 Å². The Hall–Kier alpha value is -3.93. The fourth-order valence-electron chi connectivity index (χ4n) is 3.67. The first-order valence-electron chi connectivity index (χ1n) is 10.6. The van der Waals surface area contributed by atoms with E-state index in [0.717, 1.165) is 22.3 Å². The number of hydrogen-bond donors (Lipinski definition) is 2. The molecule has 0 bridgehead atoms. The lowest BCUT2D eigenvalue weighted by Gasteiger charge is -2.22. The van der Waals surface area contributed by atoms with Crippen molar-refractivity contribution in [2.24, 2.45) is 5.92 Å². The second-order valence-corrected chi connectivity index (χ2v) is 8.15. The van der Waals surface area contributed by atoms with Gasteiger partial charge in [-0.3, -0.25) is 14.2 Å². The Labute approximate surface area is 187 Å². The first kappa shape index (κ1) is 21.3.